The van der Waals surface area contributed by atoms with Crippen LogP contribution in [0.4, 0.5) is 0 Å². The zero-order chi connectivity index (χ0) is 13.5. The lowest BCUT2D eigenvalue weighted by Gasteiger charge is -2.25. The number of esters is 1. The third-order valence-electron chi connectivity index (χ3n) is 2.14. The van der Waals surface area contributed by atoms with Crippen LogP contribution in [-0.4, -0.2) is 29.7 Å². The van der Waals surface area contributed by atoms with E-state index >= 15 is 0 Å². The summed E-state index contributed by atoms with van der Waals surface area (Å²) >= 11 is 0. The van der Waals surface area contributed by atoms with Gasteiger partial charge in [-0.1, -0.05) is 6.08 Å². The van der Waals surface area contributed by atoms with Gasteiger partial charge in [0, 0.05) is 6.08 Å². The second-order valence-electron chi connectivity index (χ2n) is 5.75. The minimum absolute atomic E-state index is 0.259. The van der Waals surface area contributed by atoms with Crippen molar-refractivity contribution >= 4 is 24.0 Å². The quantitative estimate of drug-likeness (QED) is 0.310. The van der Waals surface area contributed by atoms with E-state index < -0.39 is 18.1 Å². The van der Waals surface area contributed by atoms with Crippen LogP contribution in [0.5, 0.6) is 0 Å². The molecule has 3 nitrogen and oxygen atoms in total. The molecule has 100 valence electrons. The SMILES string of the molecule is CC=CC(=O)OC(C)(C)CC[SiH2]O[Si](C)(C)C. The van der Waals surface area contributed by atoms with Gasteiger partial charge in [-0.3, -0.25) is 0 Å². The minimum Gasteiger partial charge on any atom is -0.461 e. The van der Waals surface area contributed by atoms with Crippen molar-refractivity contribution in [2.75, 3.05) is 0 Å². The Labute approximate surface area is 109 Å². The minimum atomic E-state index is -1.36. The average molecular weight is 275 g/mol. The number of ether oxygens (including phenoxy) is 1. The summed E-state index contributed by atoms with van der Waals surface area (Å²) in [5.41, 5.74) is -0.383. The summed E-state index contributed by atoms with van der Waals surface area (Å²) in [6.45, 7) is 12.3. The molecule has 0 unspecified atom stereocenters. The van der Waals surface area contributed by atoms with Crippen molar-refractivity contribution in [1.82, 2.24) is 0 Å². The average Bonchev–Trinajstić information content (AvgIpc) is 2.10. The van der Waals surface area contributed by atoms with Gasteiger partial charge in [0.1, 0.15) is 15.4 Å². The highest BCUT2D eigenvalue weighted by Crippen LogP contribution is 2.18. The number of allylic oxidation sites excluding steroid dienone is 1. The van der Waals surface area contributed by atoms with Gasteiger partial charge in [-0.15, -0.1) is 0 Å². The molecule has 0 heterocycles. The van der Waals surface area contributed by atoms with Gasteiger partial charge in [0.05, 0.1) is 0 Å². The Morgan fingerprint density at radius 3 is 2.41 bits per heavy atom. The first kappa shape index (κ1) is 16.6. The van der Waals surface area contributed by atoms with Crippen LogP contribution in [-0.2, 0) is 13.6 Å². The molecule has 0 saturated heterocycles. The number of carbonyl (C=O) groups is 1. The molecule has 0 aromatic rings. The van der Waals surface area contributed by atoms with E-state index in [1.54, 1.807) is 6.08 Å². The molecule has 0 aliphatic rings. The molecule has 0 radical (unpaired) electrons. The van der Waals surface area contributed by atoms with E-state index in [0.717, 1.165) is 12.5 Å². The maximum Gasteiger partial charge on any atom is 0.330 e. The van der Waals surface area contributed by atoms with Crippen molar-refractivity contribution in [3.63, 3.8) is 0 Å². The molecule has 0 aromatic heterocycles. The predicted molar refractivity (Wildman–Crippen MR) is 77.4 cm³/mol. The van der Waals surface area contributed by atoms with Gasteiger partial charge in [0.25, 0.3) is 0 Å². The number of rotatable bonds is 7. The largest absolute Gasteiger partial charge is 0.461 e. The van der Waals surface area contributed by atoms with E-state index in [4.69, 9.17) is 8.85 Å². The first-order valence-electron chi connectivity index (χ1n) is 6.16. The molecule has 0 fully saturated rings. The fourth-order valence-electron chi connectivity index (χ4n) is 1.37. The summed E-state index contributed by atoms with van der Waals surface area (Å²) in [6.07, 6.45) is 4.03. The second-order valence-corrected chi connectivity index (χ2v) is 12.2. The maximum absolute atomic E-state index is 11.3. The molecule has 0 rings (SSSR count). The van der Waals surface area contributed by atoms with E-state index in [1.807, 2.05) is 20.8 Å². The van der Waals surface area contributed by atoms with Crippen molar-refractivity contribution in [2.45, 2.75) is 58.5 Å². The van der Waals surface area contributed by atoms with Crippen LogP contribution in [0.3, 0.4) is 0 Å². The monoisotopic (exact) mass is 274 g/mol. The van der Waals surface area contributed by atoms with Gasteiger partial charge in [-0.25, -0.2) is 4.79 Å². The highest BCUT2D eigenvalue weighted by Gasteiger charge is 2.22. The van der Waals surface area contributed by atoms with Gasteiger partial charge in [-0.2, -0.15) is 0 Å². The molecule has 5 heteroatoms. The Hall–Kier alpha value is -0.396. The van der Waals surface area contributed by atoms with Gasteiger partial charge in [0.15, 0.2) is 8.32 Å². The van der Waals surface area contributed by atoms with Gasteiger partial charge >= 0.3 is 5.97 Å². The highest BCUT2D eigenvalue weighted by atomic mass is 28.4. The molecule has 0 aliphatic heterocycles. The smallest absolute Gasteiger partial charge is 0.330 e. The van der Waals surface area contributed by atoms with Crippen molar-refractivity contribution in [3.05, 3.63) is 12.2 Å². The summed E-state index contributed by atoms with van der Waals surface area (Å²) in [5.74, 6) is -0.259. The lowest BCUT2D eigenvalue weighted by molar-refractivity contribution is -0.150. The van der Waals surface area contributed by atoms with Gasteiger partial charge in [0.2, 0.25) is 0 Å². The van der Waals surface area contributed by atoms with Crippen molar-refractivity contribution in [2.24, 2.45) is 0 Å². The third-order valence-corrected chi connectivity index (χ3v) is 7.06. The molecule has 0 atom stereocenters. The van der Waals surface area contributed by atoms with E-state index in [2.05, 4.69) is 19.6 Å². The van der Waals surface area contributed by atoms with Gasteiger partial charge in [-0.05, 0) is 52.9 Å². The Morgan fingerprint density at radius 2 is 1.94 bits per heavy atom. The molecular formula is C12H26O3Si2. The van der Waals surface area contributed by atoms with Crippen molar-refractivity contribution in [1.29, 1.82) is 0 Å². The van der Waals surface area contributed by atoms with E-state index in [1.165, 1.54) is 6.08 Å². The van der Waals surface area contributed by atoms with Crippen LogP contribution in [0, 0.1) is 0 Å². The van der Waals surface area contributed by atoms with Gasteiger partial charge < -0.3 is 8.85 Å². The zero-order valence-corrected chi connectivity index (χ0v) is 14.4. The summed E-state index contributed by atoms with van der Waals surface area (Å²) in [7, 11) is -1.82. The Kier molecular flexibility index (Phi) is 6.96. The Balaban J connectivity index is 3.90. The van der Waals surface area contributed by atoms with Crippen LogP contribution in [0.25, 0.3) is 0 Å². The van der Waals surface area contributed by atoms with Crippen LogP contribution in [0.1, 0.15) is 27.2 Å². The molecule has 0 amide bonds. The topological polar surface area (TPSA) is 35.5 Å². The highest BCUT2D eigenvalue weighted by molar-refractivity contribution is 6.73. The summed E-state index contributed by atoms with van der Waals surface area (Å²) in [6, 6.07) is 1.06. The first-order chi connectivity index (χ1) is 7.66. The molecule has 0 saturated carbocycles. The standard InChI is InChI=1S/C12H26O3Si2/c1-7-8-11(13)14-12(2,3)9-10-16-15-17(4,5)6/h7-8H,9-10,16H2,1-6H3. The molecule has 0 aliphatic carbocycles. The summed E-state index contributed by atoms with van der Waals surface area (Å²) in [4.78, 5) is 11.3. The second kappa shape index (κ2) is 7.13. The maximum atomic E-state index is 11.3. The predicted octanol–water partition coefficient (Wildman–Crippen LogP) is 2.63. The summed E-state index contributed by atoms with van der Waals surface area (Å²) in [5, 5.41) is 0. The zero-order valence-electron chi connectivity index (χ0n) is 12.0. The molecule has 17 heavy (non-hydrogen) atoms. The van der Waals surface area contributed by atoms with E-state index in [-0.39, 0.29) is 11.6 Å². The van der Waals surface area contributed by atoms with E-state index in [0.29, 0.717) is 0 Å². The normalized spacial score (nSPS) is 13.8. The Bertz CT molecular complexity index is 267. The molecular weight excluding hydrogens is 248 g/mol. The summed E-state index contributed by atoms with van der Waals surface area (Å²) < 4.78 is 11.3. The van der Waals surface area contributed by atoms with E-state index in [9.17, 15) is 4.79 Å². The lowest BCUT2D eigenvalue weighted by Crippen LogP contribution is -2.30. The fraction of sp³-hybridized carbons (Fsp3) is 0.750. The number of hydrogen-bond acceptors (Lipinski definition) is 3. The van der Waals surface area contributed by atoms with Crippen LogP contribution in [0.15, 0.2) is 12.2 Å². The Morgan fingerprint density at radius 1 is 1.35 bits per heavy atom. The molecule has 0 bridgehead atoms. The van der Waals surface area contributed by atoms with Crippen molar-refractivity contribution in [3.8, 4) is 0 Å². The van der Waals surface area contributed by atoms with Crippen LogP contribution in [0.2, 0.25) is 25.7 Å². The molecule has 0 N–H and O–H groups in total. The third kappa shape index (κ3) is 10.5. The number of carbonyl (C=O) groups excluding carboxylic acids is 1. The molecule has 0 spiro atoms. The fourth-order valence-corrected chi connectivity index (χ4v) is 5.39. The molecule has 0 aromatic carbocycles. The lowest BCUT2D eigenvalue weighted by atomic mass is 10.1. The van der Waals surface area contributed by atoms with Crippen LogP contribution < -0.4 is 0 Å². The van der Waals surface area contributed by atoms with Crippen molar-refractivity contribution < 1.29 is 13.6 Å². The first-order valence-corrected chi connectivity index (χ1v) is 11.1. The van der Waals surface area contributed by atoms with Crippen LogP contribution >= 0.6 is 0 Å². The number of hydrogen-bond donors (Lipinski definition) is 0.